The van der Waals surface area contributed by atoms with Gasteiger partial charge in [0.15, 0.2) is 6.10 Å². The molecule has 0 fully saturated rings. The Kier molecular flexibility index (Phi) is 5.82. The summed E-state index contributed by atoms with van der Waals surface area (Å²) in [5.41, 5.74) is 0.455. The third-order valence-electron chi connectivity index (χ3n) is 2.83. The van der Waals surface area contributed by atoms with Crippen molar-refractivity contribution < 1.29 is 14.3 Å². The van der Waals surface area contributed by atoms with Crippen LogP contribution in [-0.2, 0) is 9.53 Å². The molecule has 0 aliphatic heterocycles. The van der Waals surface area contributed by atoms with E-state index in [0.717, 1.165) is 0 Å². The first-order valence-electron chi connectivity index (χ1n) is 6.46. The van der Waals surface area contributed by atoms with Crippen LogP contribution >= 0.6 is 34.8 Å². The molecule has 0 spiro atoms. The molecule has 0 saturated carbocycles. The van der Waals surface area contributed by atoms with E-state index in [-0.39, 0.29) is 26.4 Å². The number of nitrogens with zero attached hydrogens (tertiary/aromatic N) is 1. The number of carbonyl (C=O) groups excluding carboxylic acids is 2. The maximum absolute atomic E-state index is 12.1. The number of hydrogen-bond donors (Lipinski definition) is 1. The van der Waals surface area contributed by atoms with Gasteiger partial charge in [-0.2, -0.15) is 0 Å². The van der Waals surface area contributed by atoms with Crippen molar-refractivity contribution in [2.45, 2.75) is 13.0 Å². The van der Waals surface area contributed by atoms with Crippen LogP contribution in [-0.4, -0.2) is 23.0 Å². The number of ether oxygens (including phenoxy) is 1. The SMILES string of the molecule is CC(OC(=O)c1ccnc(Cl)c1)C(=O)Nc1c(Cl)cccc1Cl. The van der Waals surface area contributed by atoms with E-state index in [4.69, 9.17) is 39.5 Å². The van der Waals surface area contributed by atoms with Crippen molar-refractivity contribution in [3.05, 3.63) is 57.3 Å². The number of aromatic nitrogens is 1. The Balaban J connectivity index is 2.04. The molecule has 1 unspecified atom stereocenters. The van der Waals surface area contributed by atoms with Crippen molar-refractivity contribution in [3.63, 3.8) is 0 Å². The largest absolute Gasteiger partial charge is 0.449 e. The number of amides is 1. The molecule has 0 aliphatic carbocycles. The molecule has 0 saturated heterocycles. The van der Waals surface area contributed by atoms with Gasteiger partial charge in [0.25, 0.3) is 5.91 Å². The van der Waals surface area contributed by atoms with Crippen LogP contribution in [0.2, 0.25) is 15.2 Å². The summed E-state index contributed by atoms with van der Waals surface area (Å²) in [6, 6.07) is 7.59. The molecule has 2 rings (SSSR count). The van der Waals surface area contributed by atoms with Crippen molar-refractivity contribution in [1.82, 2.24) is 4.98 Å². The second-order valence-corrected chi connectivity index (χ2v) is 5.70. The van der Waals surface area contributed by atoms with Crippen molar-refractivity contribution in [2.75, 3.05) is 5.32 Å². The van der Waals surface area contributed by atoms with Crippen molar-refractivity contribution in [1.29, 1.82) is 0 Å². The highest BCUT2D eigenvalue weighted by atomic mass is 35.5. The van der Waals surface area contributed by atoms with Crippen molar-refractivity contribution >= 4 is 52.4 Å². The zero-order valence-electron chi connectivity index (χ0n) is 11.8. The molecule has 5 nitrogen and oxygen atoms in total. The van der Waals surface area contributed by atoms with E-state index < -0.39 is 18.0 Å². The lowest BCUT2D eigenvalue weighted by Gasteiger charge is -2.15. The zero-order valence-corrected chi connectivity index (χ0v) is 14.1. The first-order chi connectivity index (χ1) is 10.9. The third kappa shape index (κ3) is 4.58. The highest BCUT2D eigenvalue weighted by Crippen LogP contribution is 2.29. The number of pyridine rings is 1. The summed E-state index contributed by atoms with van der Waals surface area (Å²) in [5.74, 6) is -1.25. The number of carbonyl (C=O) groups is 2. The number of anilines is 1. The van der Waals surface area contributed by atoms with Crippen molar-refractivity contribution in [3.8, 4) is 0 Å². The molecule has 8 heteroatoms. The fraction of sp³-hybridized carbons (Fsp3) is 0.133. The van der Waals surface area contributed by atoms with Gasteiger partial charge < -0.3 is 10.1 Å². The number of rotatable bonds is 4. The van der Waals surface area contributed by atoms with Crippen LogP contribution in [0.3, 0.4) is 0 Å². The molecule has 120 valence electrons. The van der Waals surface area contributed by atoms with Gasteiger partial charge in [0.1, 0.15) is 5.15 Å². The monoisotopic (exact) mass is 372 g/mol. The summed E-state index contributed by atoms with van der Waals surface area (Å²) in [6.07, 6.45) is 0.314. The van der Waals surface area contributed by atoms with Gasteiger partial charge in [0, 0.05) is 6.20 Å². The predicted molar refractivity (Wildman–Crippen MR) is 89.2 cm³/mol. The van der Waals surface area contributed by atoms with Crippen LogP contribution in [0.15, 0.2) is 36.5 Å². The Hall–Kier alpha value is -1.82. The van der Waals surface area contributed by atoms with Gasteiger partial charge in [0.2, 0.25) is 0 Å². The minimum absolute atomic E-state index is 0.152. The third-order valence-corrected chi connectivity index (χ3v) is 3.66. The minimum Gasteiger partial charge on any atom is -0.449 e. The lowest BCUT2D eigenvalue weighted by molar-refractivity contribution is -0.123. The van der Waals surface area contributed by atoms with Crippen LogP contribution in [0, 0.1) is 0 Å². The maximum Gasteiger partial charge on any atom is 0.339 e. The van der Waals surface area contributed by atoms with Gasteiger partial charge in [-0.1, -0.05) is 40.9 Å². The Labute approximate surface area is 147 Å². The first kappa shape index (κ1) is 17.5. The lowest BCUT2D eigenvalue weighted by Crippen LogP contribution is -2.30. The normalized spacial score (nSPS) is 11.7. The average Bonchev–Trinajstić information content (AvgIpc) is 2.50. The van der Waals surface area contributed by atoms with E-state index in [9.17, 15) is 9.59 Å². The van der Waals surface area contributed by atoms with Crippen molar-refractivity contribution in [2.24, 2.45) is 0 Å². The average molecular weight is 374 g/mol. The van der Waals surface area contributed by atoms with Crippen LogP contribution in [0.5, 0.6) is 0 Å². The Bertz CT molecular complexity index is 732. The van der Waals surface area contributed by atoms with Crippen LogP contribution in [0.4, 0.5) is 5.69 Å². The Morgan fingerprint density at radius 3 is 2.43 bits per heavy atom. The zero-order chi connectivity index (χ0) is 17.0. The molecule has 1 atom stereocenters. The predicted octanol–water partition coefficient (Wildman–Crippen LogP) is 4.23. The fourth-order valence-electron chi connectivity index (χ4n) is 1.65. The van der Waals surface area contributed by atoms with E-state index in [1.807, 2.05) is 0 Å². The smallest absolute Gasteiger partial charge is 0.339 e. The molecule has 0 aliphatic rings. The summed E-state index contributed by atoms with van der Waals surface area (Å²) >= 11 is 17.6. The highest BCUT2D eigenvalue weighted by molar-refractivity contribution is 6.39. The molecule has 1 aromatic carbocycles. The summed E-state index contributed by atoms with van der Waals surface area (Å²) in [5, 5.41) is 3.25. The molecule has 1 N–H and O–H groups in total. The van der Waals surface area contributed by atoms with E-state index >= 15 is 0 Å². The van der Waals surface area contributed by atoms with E-state index in [0.29, 0.717) is 0 Å². The molecule has 1 heterocycles. The second-order valence-electron chi connectivity index (χ2n) is 4.50. The van der Waals surface area contributed by atoms with Crippen LogP contribution < -0.4 is 5.32 Å². The fourth-order valence-corrected chi connectivity index (χ4v) is 2.32. The summed E-state index contributed by atoms with van der Waals surface area (Å²) < 4.78 is 5.08. The van der Waals surface area contributed by atoms with Gasteiger partial charge in [0.05, 0.1) is 21.3 Å². The van der Waals surface area contributed by atoms with Gasteiger partial charge in [-0.15, -0.1) is 0 Å². The van der Waals surface area contributed by atoms with E-state index in [1.165, 1.54) is 25.3 Å². The molecule has 1 amide bonds. The topological polar surface area (TPSA) is 68.3 Å². The molecule has 2 aromatic rings. The Morgan fingerprint density at radius 1 is 1.17 bits per heavy atom. The number of benzene rings is 1. The van der Waals surface area contributed by atoms with Gasteiger partial charge in [-0.05, 0) is 31.2 Å². The highest BCUT2D eigenvalue weighted by Gasteiger charge is 2.21. The number of esters is 1. The van der Waals surface area contributed by atoms with Gasteiger partial charge in [-0.3, -0.25) is 4.79 Å². The molecular formula is C15H11Cl3N2O3. The minimum atomic E-state index is -1.05. The second kappa shape index (κ2) is 7.64. The first-order valence-corrected chi connectivity index (χ1v) is 7.59. The molecule has 0 radical (unpaired) electrons. The van der Waals surface area contributed by atoms with Crippen LogP contribution in [0.1, 0.15) is 17.3 Å². The van der Waals surface area contributed by atoms with Gasteiger partial charge >= 0.3 is 5.97 Å². The number of hydrogen-bond acceptors (Lipinski definition) is 4. The quantitative estimate of drug-likeness (QED) is 0.643. The molecule has 23 heavy (non-hydrogen) atoms. The standard InChI is InChI=1S/C15H11Cl3N2O3/c1-8(23-15(22)9-5-6-19-12(18)7-9)14(21)20-13-10(16)3-2-4-11(13)17/h2-8H,1H3,(H,20,21). The van der Waals surface area contributed by atoms with Crippen LogP contribution in [0.25, 0.3) is 0 Å². The van der Waals surface area contributed by atoms with E-state index in [2.05, 4.69) is 10.3 Å². The molecule has 0 bridgehead atoms. The summed E-state index contributed by atoms with van der Waals surface area (Å²) in [7, 11) is 0. The lowest BCUT2D eigenvalue weighted by atomic mass is 10.2. The number of halogens is 3. The maximum atomic E-state index is 12.1. The van der Waals surface area contributed by atoms with E-state index in [1.54, 1.807) is 18.2 Å². The number of nitrogens with one attached hydrogen (secondary N) is 1. The molecule has 1 aromatic heterocycles. The number of para-hydroxylation sites is 1. The summed E-state index contributed by atoms with van der Waals surface area (Å²) in [6.45, 7) is 1.43. The summed E-state index contributed by atoms with van der Waals surface area (Å²) in [4.78, 5) is 27.8. The van der Waals surface area contributed by atoms with Gasteiger partial charge in [-0.25, -0.2) is 9.78 Å². The Morgan fingerprint density at radius 2 is 1.83 bits per heavy atom. The molecular weight excluding hydrogens is 363 g/mol.